The molecule has 1 aliphatic heterocycles. The number of methoxy groups -OCH3 is 2. The Hall–Kier alpha value is -3.49. The lowest BCUT2D eigenvalue weighted by Crippen LogP contribution is -2.36. The highest BCUT2D eigenvalue weighted by Gasteiger charge is 2.39. The molecule has 0 radical (unpaired) electrons. The number of ether oxygens (including phenoxy) is 4. The van der Waals surface area contributed by atoms with Gasteiger partial charge in [-0.25, -0.2) is 4.79 Å². The average molecular weight is 473 g/mol. The van der Waals surface area contributed by atoms with Gasteiger partial charge in [-0.3, -0.25) is 9.79 Å². The molecule has 2 aromatic rings. The number of alkyl halides is 2. The van der Waals surface area contributed by atoms with Crippen molar-refractivity contribution in [3.63, 3.8) is 0 Å². The molecular weight excluding hydrogens is 448 g/mol. The molecule has 0 N–H and O–H groups in total. The van der Waals surface area contributed by atoms with Crippen LogP contribution in [-0.2, 0) is 14.3 Å². The molecule has 0 aromatic heterocycles. The second-order valence-corrected chi connectivity index (χ2v) is 8.23. The molecule has 34 heavy (non-hydrogen) atoms. The minimum absolute atomic E-state index is 0.0631. The molecule has 1 aliphatic carbocycles. The smallest absolute Gasteiger partial charge is 0.387 e. The van der Waals surface area contributed by atoms with Gasteiger partial charge in [-0.2, -0.15) is 8.78 Å². The second-order valence-electron chi connectivity index (χ2n) is 8.23. The summed E-state index contributed by atoms with van der Waals surface area (Å²) in [4.78, 5) is 28.3. The molecule has 3 atom stereocenters. The number of fused-ring (bicyclic) bond motifs is 3. The van der Waals surface area contributed by atoms with Crippen molar-refractivity contribution in [1.29, 1.82) is 0 Å². The van der Waals surface area contributed by atoms with Crippen LogP contribution in [0.4, 0.5) is 8.78 Å². The summed E-state index contributed by atoms with van der Waals surface area (Å²) in [5.41, 5.74) is 3.33. The maximum absolute atomic E-state index is 13.1. The van der Waals surface area contributed by atoms with Gasteiger partial charge in [-0.05, 0) is 49.1 Å². The first kappa shape index (κ1) is 23.7. The standard InChI is InChI=1S/C25H25F2NO6/c1-13(29)33-16-8-9-20-18(10-16)17-11-22(34-25(26)27)21(31-2)12-19(17)23(28-20)14-4-6-15(7-5-14)24(30)32-3/h4-7,11-12,16,18,20,25H,8-10H2,1-3H3. The predicted molar refractivity (Wildman–Crippen MR) is 119 cm³/mol. The Morgan fingerprint density at radius 2 is 1.79 bits per heavy atom. The summed E-state index contributed by atoms with van der Waals surface area (Å²) in [6.07, 6.45) is 1.58. The van der Waals surface area contributed by atoms with E-state index in [0.717, 1.165) is 11.1 Å². The number of nitrogens with zero attached hydrogens (tertiary/aromatic N) is 1. The van der Waals surface area contributed by atoms with Crippen molar-refractivity contribution >= 4 is 17.7 Å². The van der Waals surface area contributed by atoms with Gasteiger partial charge >= 0.3 is 18.6 Å². The van der Waals surface area contributed by atoms with Gasteiger partial charge in [-0.1, -0.05) is 12.1 Å². The van der Waals surface area contributed by atoms with E-state index in [4.69, 9.17) is 23.9 Å². The number of esters is 2. The third kappa shape index (κ3) is 4.73. The quantitative estimate of drug-likeness (QED) is 0.575. The number of carbonyl (C=O) groups is 2. The average Bonchev–Trinajstić information content (AvgIpc) is 2.82. The number of hydrogen-bond donors (Lipinski definition) is 0. The molecule has 3 unspecified atom stereocenters. The molecule has 0 saturated heterocycles. The first-order valence-electron chi connectivity index (χ1n) is 10.9. The van der Waals surface area contributed by atoms with E-state index in [1.165, 1.54) is 21.1 Å². The van der Waals surface area contributed by atoms with E-state index >= 15 is 0 Å². The number of hydrogen-bond acceptors (Lipinski definition) is 7. The molecule has 0 amide bonds. The third-order valence-corrected chi connectivity index (χ3v) is 6.18. The van der Waals surface area contributed by atoms with E-state index in [-0.39, 0.29) is 35.5 Å². The Labute approximate surface area is 195 Å². The minimum atomic E-state index is -3.01. The van der Waals surface area contributed by atoms with Crippen LogP contribution in [0.2, 0.25) is 0 Å². The minimum Gasteiger partial charge on any atom is -0.493 e. The maximum Gasteiger partial charge on any atom is 0.387 e. The molecule has 1 heterocycles. The Morgan fingerprint density at radius 1 is 1.06 bits per heavy atom. The van der Waals surface area contributed by atoms with Crippen molar-refractivity contribution < 1.29 is 37.3 Å². The summed E-state index contributed by atoms with van der Waals surface area (Å²) in [7, 11) is 2.69. The Kier molecular flexibility index (Phi) is 6.81. The number of rotatable bonds is 6. The van der Waals surface area contributed by atoms with Crippen LogP contribution in [0.15, 0.2) is 41.4 Å². The topological polar surface area (TPSA) is 83.4 Å². The van der Waals surface area contributed by atoms with E-state index in [1.54, 1.807) is 36.4 Å². The van der Waals surface area contributed by atoms with Gasteiger partial charge in [0.15, 0.2) is 11.5 Å². The second kappa shape index (κ2) is 9.79. The van der Waals surface area contributed by atoms with Gasteiger partial charge in [0.1, 0.15) is 6.10 Å². The molecule has 2 aliphatic rings. The van der Waals surface area contributed by atoms with Crippen molar-refractivity contribution in [2.45, 2.75) is 50.9 Å². The van der Waals surface area contributed by atoms with Crippen molar-refractivity contribution in [3.8, 4) is 11.5 Å². The molecule has 0 bridgehead atoms. The summed E-state index contributed by atoms with van der Waals surface area (Å²) in [6, 6.07) is 9.95. The lowest BCUT2D eigenvalue weighted by molar-refractivity contribution is -0.148. The van der Waals surface area contributed by atoms with Crippen LogP contribution in [0, 0.1) is 0 Å². The number of aliphatic imine (C=N–C) groups is 1. The fourth-order valence-corrected chi connectivity index (χ4v) is 4.73. The number of carbonyl (C=O) groups excluding carboxylic acids is 2. The summed E-state index contributed by atoms with van der Waals surface area (Å²) >= 11 is 0. The zero-order valence-electron chi connectivity index (χ0n) is 19.0. The SMILES string of the molecule is COC(=O)c1ccc(C2=NC3CCC(OC(C)=O)CC3c3cc(OC(F)F)c(OC)cc32)cc1. The Bertz CT molecular complexity index is 1120. The van der Waals surface area contributed by atoms with Crippen LogP contribution < -0.4 is 9.47 Å². The zero-order chi connectivity index (χ0) is 24.4. The number of halogens is 2. The monoisotopic (exact) mass is 473 g/mol. The Morgan fingerprint density at radius 3 is 2.41 bits per heavy atom. The van der Waals surface area contributed by atoms with Crippen molar-refractivity contribution in [2.24, 2.45) is 4.99 Å². The molecule has 9 heteroatoms. The first-order chi connectivity index (χ1) is 16.3. The highest BCUT2D eigenvalue weighted by atomic mass is 19.3. The van der Waals surface area contributed by atoms with Gasteiger partial charge in [0.2, 0.25) is 0 Å². The normalized spacial score (nSPS) is 21.1. The van der Waals surface area contributed by atoms with E-state index in [9.17, 15) is 18.4 Å². The van der Waals surface area contributed by atoms with Gasteiger partial charge in [0, 0.05) is 24.0 Å². The van der Waals surface area contributed by atoms with E-state index < -0.39 is 12.6 Å². The van der Waals surface area contributed by atoms with E-state index in [2.05, 4.69) is 0 Å². The highest BCUT2D eigenvalue weighted by molar-refractivity contribution is 6.15. The molecule has 1 saturated carbocycles. The highest BCUT2D eigenvalue weighted by Crippen LogP contribution is 2.45. The van der Waals surface area contributed by atoms with Gasteiger partial charge in [-0.15, -0.1) is 0 Å². The lowest BCUT2D eigenvalue weighted by atomic mass is 9.74. The van der Waals surface area contributed by atoms with Crippen LogP contribution in [0.5, 0.6) is 11.5 Å². The third-order valence-electron chi connectivity index (χ3n) is 6.18. The summed E-state index contributed by atoms with van der Waals surface area (Å²) in [5.74, 6) is -0.851. The summed E-state index contributed by atoms with van der Waals surface area (Å²) in [5, 5.41) is 0. The molecular formula is C25H25F2NO6. The van der Waals surface area contributed by atoms with Crippen LogP contribution in [0.3, 0.4) is 0 Å². The molecule has 180 valence electrons. The molecule has 2 aromatic carbocycles. The van der Waals surface area contributed by atoms with Crippen LogP contribution in [0.25, 0.3) is 0 Å². The van der Waals surface area contributed by atoms with Gasteiger partial charge < -0.3 is 18.9 Å². The van der Waals surface area contributed by atoms with Crippen molar-refractivity contribution in [2.75, 3.05) is 14.2 Å². The molecule has 0 spiro atoms. The van der Waals surface area contributed by atoms with Crippen LogP contribution in [-0.4, -0.2) is 50.6 Å². The van der Waals surface area contributed by atoms with Gasteiger partial charge in [0.25, 0.3) is 0 Å². The van der Waals surface area contributed by atoms with Crippen molar-refractivity contribution in [1.82, 2.24) is 0 Å². The summed E-state index contributed by atoms with van der Waals surface area (Å²) < 4.78 is 46.4. The fraction of sp³-hybridized carbons (Fsp3) is 0.400. The van der Waals surface area contributed by atoms with Crippen LogP contribution in [0.1, 0.15) is 59.2 Å². The largest absolute Gasteiger partial charge is 0.493 e. The molecule has 7 nitrogen and oxygen atoms in total. The number of benzene rings is 2. The zero-order valence-corrected chi connectivity index (χ0v) is 19.0. The molecule has 4 rings (SSSR count). The lowest BCUT2D eigenvalue weighted by Gasteiger charge is -2.38. The maximum atomic E-state index is 13.1. The van der Waals surface area contributed by atoms with Crippen molar-refractivity contribution in [3.05, 3.63) is 58.7 Å². The Balaban J connectivity index is 1.80. The van der Waals surface area contributed by atoms with Crippen LogP contribution >= 0.6 is 0 Å². The van der Waals surface area contributed by atoms with E-state index in [1.807, 2.05) is 0 Å². The van der Waals surface area contributed by atoms with Gasteiger partial charge in [0.05, 0.1) is 31.5 Å². The summed E-state index contributed by atoms with van der Waals surface area (Å²) in [6.45, 7) is -1.64. The fourth-order valence-electron chi connectivity index (χ4n) is 4.73. The molecule has 1 fully saturated rings. The predicted octanol–water partition coefficient (Wildman–Crippen LogP) is 4.50. The van der Waals surface area contributed by atoms with E-state index in [0.29, 0.717) is 36.1 Å². The first-order valence-corrected chi connectivity index (χ1v) is 10.9.